The molecule has 2 amide bonds. The van der Waals surface area contributed by atoms with Crippen molar-refractivity contribution in [2.45, 2.75) is 13.5 Å². The van der Waals surface area contributed by atoms with E-state index in [9.17, 15) is 19.7 Å². The zero-order valence-electron chi connectivity index (χ0n) is 16.9. The number of piperazine rings is 1. The summed E-state index contributed by atoms with van der Waals surface area (Å²) in [4.78, 5) is 40.6. The number of carbonyl (C=O) groups excluding carboxylic acids is 2. The van der Waals surface area contributed by atoms with E-state index in [0.29, 0.717) is 43.4 Å². The average Bonchev–Trinajstić information content (AvgIpc) is 2.72. The van der Waals surface area contributed by atoms with Crippen molar-refractivity contribution in [1.82, 2.24) is 9.80 Å². The van der Waals surface area contributed by atoms with E-state index in [0.717, 1.165) is 5.56 Å². The van der Waals surface area contributed by atoms with Gasteiger partial charge in [-0.3, -0.25) is 19.7 Å². The maximum absolute atomic E-state index is 12.8. The fourth-order valence-corrected chi connectivity index (χ4v) is 3.75. The molecule has 2 aromatic carbocycles. The fraction of sp³-hybridized carbons (Fsp3) is 0.333. The second-order valence-corrected chi connectivity index (χ2v) is 7.68. The maximum Gasteiger partial charge on any atom is 0.293 e. The third kappa shape index (κ3) is 4.88. The fourth-order valence-electron chi connectivity index (χ4n) is 3.53. The monoisotopic (exact) mass is 430 g/mol. The average molecular weight is 431 g/mol. The van der Waals surface area contributed by atoms with Crippen molar-refractivity contribution in [1.29, 1.82) is 0 Å². The van der Waals surface area contributed by atoms with E-state index >= 15 is 0 Å². The molecule has 1 heterocycles. The van der Waals surface area contributed by atoms with Crippen LogP contribution >= 0.6 is 11.6 Å². The zero-order valence-corrected chi connectivity index (χ0v) is 17.6. The number of hydrogen-bond acceptors (Lipinski definition) is 5. The summed E-state index contributed by atoms with van der Waals surface area (Å²) in [6.07, 6.45) is 0. The molecule has 0 radical (unpaired) electrons. The van der Waals surface area contributed by atoms with Crippen molar-refractivity contribution < 1.29 is 14.5 Å². The number of nitro groups is 1. The van der Waals surface area contributed by atoms with Crippen molar-refractivity contribution >= 4 is 34.8 Å². The summed E-state index contributed by atoms with van der Waals surface area (Å²) in [5.41, 5.74) is 1.45. The lowest BCUT2D eigenvalue weighted by molar-refractivity contribution is -0.384. The number of rotatable bonds is 5. The molecule has 1 saturated heterocycles. The minimum atomic E-state index is -0.472. The number of halogens is 1. The van der Waals surface area contributed by atoms with Crippen LogP contribution in [0.1, 0.15) is 22.8 Å². The predicted octanol–water partition coefficient (Wildman–Crippen LogP) is 3.19. The van der Waals surface area contributed by atoms with Crippen LogP contribution < -0.4 is 4.90 Å². The number of benzene rings is 2. The standard InChI is InChI=1S/C21H23ClN4O4/c1-15(27)24-8-10-25(11-9-24)19-7-6-17(13-20(19)26(29)30)21(28)23(2)14-16-4-3-5-18(22)12-16/h3-7,12-13H,8-11,14H2,1-2H3. The Bertz CT molecular complexity index is 973. The van der Waals surface area contributed by atoms with Gasteiger partial charge in [0.15, 0.2) is 0 Å². The normalized spacial score (nSPS) is 13.8. The second-order valence-electron chi connectivity index (χ2n) is 7.24. The summed E-state index contributed by atoms with van der Waals surface area (Å²) in [6, 6.07) is 11.7. The summed E-state index contributed by atoms with van der Waals surface area (Å²) in [7, 11) is 1.64. The first-order valence-electron chi connectivity index (χ1n) is 9.55. The SMILES string of the molecule is CC(=O)N1CCN(c2ccc(C(=O)N(C)Cc3cccc(Cl)c3)cc2[N+](=O)[O-])CC1. The largest absolute Gasteiger partial charge is 0.362 e. The number of amides is 2. The molecular weight excluding hydrogens is 408 g/mol. The van der Waals surface area contributed by atoms with Crippen LogP contribution in [0.2, 0.25) is 5.02 Å². The third-order valence-electron chi connectivity index (χ3n) is 5.14. The molecule has 0 aliphatic carbocycles. The Kier molecular flexibility index (Phi) is 6.56. The van der Waals surface area contributed by atoms with Crippen LogP contribution in [-0.2, 0) is 11.3 Å². The van der Waals surface area contributed by atoms with Gasteiger partial charge in [-0.25, -0.2) is 0 Å². The molecular formula is C21H23ClN4O4. The molecule has 0 N–H and O–H groups in total. The van der Waals surface area contributed by atoms with Gasteiger partial charge >= 0.3 is 0 Å². The van der Waals surface area contributed by atoms with Crippen molar-refractivity contribution in [2.24, 2.45) is 0 Å². The minimum absolute atomic E-state index is 0.00663. The molecule has 3 rings (SSSR count). The molecule has 158 valence electrons. The molecule has 30 heavy (non-hydrogen) atoms. The molecule has 0 aromatic heterocycles. The molecule has 1 aliphatic heterocycles. The van der Waals surface area contributed by atoms with Gasteiger partial charge in [-0.15, -0.1) is 0 Å². The first-order chi connectivity index (χ1) is 14.3. The molecule has 0 unspecified atom stereocenters. The molecule has 1 aliphatic rings. The van der Waals surface area contributed by atoms with E-state index in [-0.39, 0.29) is 23.1 Å². The number of nitrogens with zero attached hydrogens (tertiary/aromatic N) is 4. The second kappa shape index (κ2) is 9.13. The summed E-state index contributed by atoms with van der Waals surface area (Å²) in [5.74, 6) is -0.321. The highest BCUT2D eigenvalue weighted by Crippen LogP contribution is 2.30. The van der Waals surface area contributed by atoms with Crippen LogP contribution in [0.4, 0.5) is 11.4 Å². The molecule has 0 spiro atoms. The summed E-state index contributed by atoms with van der Waals surface area (Å²) >= 11 is 5.99. The number of anilines is 1. The molecule has 0 atom stereocenters. The van der Waals surface area contributed by atoms with Gasteiger partial charge in [-0.2, -0.15) is 0 Å². The Morgan fingerprint density at radius 1 is 1.13 bits per heavy atom. The Morgan fingerprint density at radius 2 is 1.83 bits per heavy atom. The van der Waals surface area contributed by atoms with Gasteiger partial charge in [-0.05, 0) is 29.8 Å². The first-order valence-corrected chi connectivity index (χ1v) is 9.93. The molecule has 0 bridgehead atoms. The molecule has 1 fully saturated rings. The number of hydrogen-bond donors (Lipinski definition) is 0. The van der Waals surface area contributed by atoms with Gasteiger partial charge in [0.05, 0.1) is 4.92 Å². The first kappa shape index (κ1) is 21.6. The van der Waals surface area contributed by atoms with Crippen molar-refractivity contribution in [2.75, 3.05) is 38.1 Å². The van der Waals surface area contributed by atoms with Gasteiger partial charge in [0, 0.05) is 63.3 Å². The van der Waals surface area contributed by atoms with Crippen LogP contribution in [-0.4, -0.2) is 59.8 Å². The Morgan fingerprint density at radius 3 is 2.43 bits per heavy atom. The maximum atomic E-state index is 12.8. The van der Waals surface area contributed by atoms with Crippen LogP contribution in [0, 0.1) is 10.1 Å². The lowest BCUT2D eigenvalue weighted by Gasteiger charge is -2.35. The van der Waals surface area contributed by atoms with Crippen molar-refractivity contribution in [3.8, 4) is 0 Å². The number of carbonyl (C=O) groups is 2. The van der Waals surface area contributed by atoms with Crippen LogP contribution in [0.25, 0.3) is 0 Å². The quantitative estimate of drug-likeness (QED) is 0.537. The lowest BCUT2D eigenvalue weighted by atomic mass is 10.1. The van der Waals surface area contributed by atoms with Gasteiger partial charge < -0.3 is 14.7 Å². The highest BCUT2D eigenvalue weighted by atomic mass is 35.5. The topological polar surface area (TPSA) is 87.0 Å². The Labute approximate surface area is 179 Å². The van der Waals surface area contributed by atoms with Crippen LogP contribution in [0.3, 0.4) is 0 Å². The van der Waals surface area contributed by atoms with E-state index in [2.05, 4.69) is 0 Å². The van der Waals surface area contributed by atoms with E-state index in [1.807, 2.05) is 17.0 Å². The summed E-state index contributed by atoms with van der Waals surface area (Å²) < 4.78 is 0. The Balaban J connectivity index is 1.78. The van der Waals surface area contributed by atoms with Gasteiger partial charge in [0.2, 0.25) is 5.91 Å². The van der Waals surface area contributed by atoms with Crippen LogP contribution in [0.15, 0.2) is 42.5 Å². The third-order valence-corrected chi connectivity index (χ3v) is 5.38. The minimum Gasteiger partial charge on any atom is -0.362 e. The number of nitro benzene ring substituents is 1. The van der Waals surface area contributed by atoms with Crippen molar-refractivity contribution in [3.63, 3.8) is 0 Å². The van der Waals surface area contributed by atoms with E-state index in [1.54, 1.807) is 36.2 Å². The summed E-state index contributed by atoms with van der Waals surface area (Å²) in [6.45, 7) is 3.87. The van der Waals surface area contributed by atoms with Gasteiger partial charge in [0.1, 0.15) is 5.69 Å². The highest BCUT2D eigenvalue weighted by Gasteiger charge is 2.26. The van der Waals surface area contributed by atoms with Crippen LogP contribution in [0.5, 0.6) is 0 Å². The highest BCUT2D eigenvalue weighted by molar-refractivity contribution is 6.30. The summed E-state index contributed by atoms with van der Waals surface area (Å²) in [5, 5.41) is 12.3. The lowest BCUT2D eigenvalue weighted by Crippen LogP contribution is -2.48. The molecule has 8 nitrogen and oxygen atoms in total. The van der Waals surface area contributed by atoms with E-state index in [4.69, 9.17) is 11.6 Å². The zero-order chi connectivity index (χ0) is 21.8. The van der Waals surface area contributed by atoms with Crippen molar-refractivity contribution in [3.05, 3.63) is 68.7 Å². The van der Waals surface area contributed by atoms with E-state index in [1.165, 1.54) is 17.9 Å². The molecule has 9 heteroatoms. The van der Waals surface area contributed by atoms with Gasteiger partial charge in [-0.1, -0.05) is 23.7 Å². The molecule has 2 aromatic rings. The van der Waals surface area contributed by atoms with Gasteiger partial charge in [0.25, 0.3) is 11.6 Å². The smallest absolute Gasteiger partial charge is 0.293 e. The predicted molar refractivity (Wildman–Crippen MR) is 115 cm³/mol. The molecule has 0 saturated carbocycles. The van der Waals surface area contributed by atoms with E-state index < -0.39 is 4.92 Å². The Hall–Kier alpha value is -3.13.